The van der Waals surface area contributed by atoms with E-state index in [1.807, 2.05) is 44.4 Å². The summed E-state index contributed by atoms with van der Waals surface area (Å²) in [6, 6.07) is 10.6. The zero-order valence-corrected chi connectivity index (χ0v) is 22.5. The lowest BCUT2D eigenvalue weighted by atomic mass is 10.1. The van der Waals surface area contributed by atoms with Gasteiger partial charge in [0.25, 0.3) is 5.91 Å². The van der Waals surface area contributed by atoms with E-state index in [1.54, 1.807) is 24.3 Å². The molecule has 1 aromatic heterocycles. The average molecular weight is 598 g/mol. The smallest absolute Gasteiger partial charge is 0.253 e. The Morgan fingerprint density at radius 2 is 1.85 bits per heavy atom. The van der Waals surface area contributed by atoms with Gasteiger partial charge in [0.2, 0.25) is 5.91 Å². The highest BCUT2D eigenvalue weighted by molar-refractivity contribution is 14.1. The summed E-state index contributed by atoms with van der Waals surface area (Å²) in [7, 11) is 0. The molecule has 0 aliphatic carbocycles. The SMILES string of the molecule is CCn1c(SCC(=O)Nc2c(C)cc(I)cc2C)nnc1[C@@H](C)NC(=O)c1ccccc1Cl. The highest BCUT2D eigenvalue weighted by atomic mass is 127. The molecule has 0 bridgehead atoms. The number of hydrogen-bond donors (Lipinski definition) is 2. The third kappa shape index (κ3) is 6.27. The number of rotatable bonds is 8. The van der Waals surface area contributed by atoms with Crippen LogP contribution in [0.4, 0.5) is 5.69 Å². The molecule has 0 fully saturated rings. The Bertz CT molecular complexity index is 1160. The maximum Gasteiger partial charge on any atom is 0.253 e. The summed E-state index contributed by atoms with van der Waals surface area (Å²) in [5.41, 5.74) is 3.30. The maximum atomic E-state index is 12.6. The monoisotopic (exact) mass is 597 g/mol. The van der Waals surface area contributed by atoms with Crippen LogP contribution in [-0.2, 0) is 11.3 Å². The summed E-state index contributed by atoms with van der Waals surface area (Å²) in [5, 5.41) is 15.5. The summed E-state index contributed by atoms with van der Waals surface area (Å²) in [5.74, 6) is 0.420. The van der Waals surface area contributed by atoms with Gasteiger partial charge in [0.1, 0.15) is 0 Å². The van der Waals surface area contributed by atoms with E-state index < -0.39 is 0 Å². The molecular weight excluding hydrogens is 573 g/mol. The maximum absolute atomic E-state index is 12.6. The first-order chi connectivity index (χ1) is 15.7. The molecule has 0 aliphatic rings. The van der Waals surface area contributed by atoms with E-state index in [4.69, 9.17) is 11.6 Å². The topological polar surface area (TPSA) is 88.9 Å². The van der Waals surface area contributed by atoms with Crippen molar-refractivity contribution in [2.24, 2.45) is 0 Å². The van der Waals surface area contributed by atoms with E-state index in [9.17, 15) is 9.59 Å². The molecule has 0 aliphatic heterocycles. The Morgan fingerprint density at radius 1 is 1.18 bits per heavy atom. The van der Waals surface area contributed by atoms with Crippen LogP contribution in [0.3, 0.4) is 0 Å². The van der Waals surface area contributed by atoms with Crippen molar-refractivity contribution in [3.8, 4) is 0 Å². The molecule has 1 atom stereocenters. The number of anilines is 1. The summed E-state index contributed by atoms with van der Waals surface area (Å²) < 4.78 is 3.03. The van der Waals surface area contributed by atoms with E-state index >= 15 is 0 Å². The van der Waals surface area contributed by atoms with Crippen LogP contribution in [0.2, 0.25) is 5.02 Å². The molecule has 2 aromatic carbocycles. The van der Waals surface area contributed by atoms with Gasteiger partial charge in [-0.05, 0) is 85.7 Å². The number of halogens is 2. The minimum Gasteiger partial charge on any atom is -0.342 e. The number of amides is 2. The van der Waals surface area contributed by atoms with Crippen LogP contribution >= 0.6 is 46.0 Å². The number of nitrogens with zero attached hydrogens (tertiary/aromatic N) is 3. The third-order valence-electron chi connectivity index (χ3n) is 5.01. The van der Waals surface area contributed by atoms with Crippen molar-refractivity contribution in [2.45, 2.75) is 45.4 Å². The van der Waals surface area contributed by atoms with Gasteiger partial charge in [-0.2, -0.15) is 0 Å². The highest BCUT2D eigenvalue weighted by Gasteiger charge is 2.21. The quantitative estimate of drug-likeness (QED) is 0.268. The second kappa shape index (κ2) is 11.3. The van der Waals surface area contributed by atoms with Crippen LogP contribution in [0, 0.1) is 17.4 Å². The molecule has 10 heteroatoms. The normalized spacial score (nSPS) is 11.8. The fourth-order valence-corrected chi connectivity index (χ4v) is 5.39. The van der Waals surface area contributed by atoms with Crippen LogP contribution in [0.15, 0.2) is 41.6 Å². The number of aryl methyl sites for hydroxylation is 2. The van der Waals surface area contributed by atoms with Crippen LogP contribution in [0.25, 0.3) is 0 Å². The Balaban J connectivity index is 1.66. The Hall–Kier alpha value is -2.11. The molecule has 0 spiro atoms. The largest absolute Gasteiger partial charge is 0.342 e. The number of carbonyl (C=O) groups is 2. The van der Waals surface area contributed by atoms with Crippen molar-refractivity contribution in [2.75, 3.05) is 11.1 Å². The zero-order valence-electron chi connectivity index (χ0n) is 18.8. The molecule has 3 aromatic rings. The molecule has 1 heterocycles. The first-order valence-corrected chi connectivity index (χ1v) is 12.8. The Morgan fingerprint density at radius 3 is 2.48 bits per heavy atom. The van der Waals surface area contributed by atoms with Gasteiger partial charge in [-0.15, -0.1) is 10.2 Å². The molecule has 7 nitrogen and oxygen atoms in total. The van der Waals surface area contributed by atoms with E-state index in [-0.39, 0.29) is 23.6 Å². The summed E-state index contributed by atoms with van der Waals surface area (Å²) in [4.78, 5) is 25.2. The number of hydrogen-bond acceptors (Lipinski definition) is 5. The molecule has 0 saturated carbocycles. The van der Waals surface area contributed by atoms with Crippen molar-refractivity contribution in [1.82, 2.24) is 20.1 Å². The minimum atomic E-state index is -0.388. The molecule has 0 unspecified atom stereocenters. The number of thioether (sulfide) groups is 1. The first-order valence-electron chi connectivity index (χ1n) is 10.4. The summed E-state index contributed by atoms with van der Waals surface area (Å²) in [6.45, 7) is 8.38. The highest BCUT2D eigenvalue weighted by Crippen LogP contribution is 2.25. The van der Waals surface area contributed by atoms with Crippen molar-refractivity contribution < 1.29 is 9.59 Å². The average Bonchev–Trinajstić information content (AvgIpc) is 3.18. The van der Waals surface area contributed by atoms with Gasteiger partial charge >= 0.3 is 0 Å². The van der Waals surface area contributed by atoms with Crippen LogP contribution in [0.5, 0.6) is 0 Å². The predicted octanol–water partition coefficient (Wildman–Crippen LogP) is 5.39. The number of nitrogens with one attached hydrogen (secondary N) is 2. The fraction of sp³-hybridized carbons (Fsp3) is 0.304. The lowest BCUT2D eigenvalue weighted by molar-refractivity contribution is -0.113. The molecule has 0 saturated heterocycles. The molecule has 174 valence electrons. The molecule has 2 amide bonds. The molecule has 3 rings (SSSR count). The van der Waals surface area contributed by atoms with Crippen molar-refractivity contribution in [3.63, 3.8) is 0 Å². The standard InChI is InChI=1S/C23H25ClIN5O2S/c1-5-30-21(15(4)26-22(32)17-8-6-7-9-18(17)24)28-29-23(30)33-12-19(31)27-20-13(2)10-16(25)11-14(20)3/h6-11,15H,5,12H2,1-4H3,(H,26,32)(H,27,31)/t15-/m1/s1. The number of benzene rings is 2. The van der Waals surface area contributed by atoms with Crippen LogP contribution in [-0.4, -0.2) is 32.3 Å². The fourth-order valence-electron chi connectivity index (χ4n) is 3.42. The van der Waals surface area contributed by atoms with E-state index in [1.165, 1.54) is 11.8 Å². The zero-order chi connectivity index (χ0) is 24.1. The second-order valence-corrected chi connectivity index (χ2v) is 10.1. The van der Waals surface area contributed by atoms with Crippen molar-refractivity contribution >= 4 is 63.5 Å². The van der Waals surface area contributed by atoms with Crippen LogP contribution < -0.4 is 10.6 Å². The van der Waals surface area contributed by atoms with Gasteiger partial charge < -0.3 is 15.2 Å². The van der Waals surface area contributed by atoms with Gasteiger partial charge in [0.05, 0.1) is 22.4 Å². The van der Waals surface area contributed by atoms with Crippen molar-refractivity contribution in [3.05, 3.63) is 67.5 Å². The molecule has 0 radical (unpaired) electrons. The number of carbonyl (C=O) groups excluding carboxylic acids is 2. The van der Waals surface area contributed by atoms with E-state index in [0.29, 0.717) is 28.1 Å². The van der Waals surface area contributed by atoms with Gasteiger partial charge in [-0.3, -0.25) is 9.59 Å². The van der Waals surface area contributed by atoms with Crippen molar-refractivity contribution in [1.29, 1.82) is 0 Å². The summed E-state index contributed by atoms with van der Waals surface area (Å²) in [6.07, 6.45) is 0. The minimum absolute atomic E-state index is 0.111. The Labute approximate surface area is 216 Å². The number of aromatic nitrogens is 3. The third-order valence-corrected chi connectivity index (χ3v) is 6.93. The lowest BCUT2D eigenvalue weighted by Gasteiger charge is -2.16. The van der Waals surface area contributed by atoms with Gasteiger partial charge in [-0.25, -0.2) is 0 Å². The predicted molar refractivity (Wildman–Crippen MR) is 141 cm³/mol. The van der Waals surface area contributed by atoms with Gasteiger partial charge in [0.15, 0.2) is 11.0 Å². The van der Waals surface area contributed by atoms with Gasteiger partial charge in [-0.1, -0.05) is 35.5 Å². The Kier molecular flexibility index (Phi) is 8.77. The second-order valence-electron chi connectivity index (χ2n) is 7.51. The summed E-state index contributed by atoms with van der Waals surface area (Å²) >= 11 is 9.71. The van der Waals surface area contributed by atoms with E-state index in [0.717, 1.165) is 20.4 Å². The molecule has 2 N–H and O–H groups in total. The molecular formula is C23H25ClIN5O2S. The molecule has 33 heavy (non-hydrogen) atoms. The lowest BCUT2D eigenvalue weighted by Crippen LogP contribution is -2.29. The van der Waals surface area contributed by atoms with E-state index in [2.05, 4.69) is 43.4 Å². The van der Waals surface area contributed by atoms with Crippen LogP contribution in [0.1, 0.15) is 47.2 Å². The van der Waals surface area contributed by atoms with Gasteiger partial charge in [0, 0.05) is 15.8 Å². The first kappa shape index (κ1) is 25.5.